The molecule has 2 aromatic rings. The molecule has 4 nitrogen and oxygen atoms in total. The highest BCUT2D eigenvalue weighted by Crippen LogP contribution is 2.35. The minimum Gasteiger partial charge on any atom is -0.454 e. The van der Waals surface area contributed by atoms with Crippen LogP contribution in [0.3, 0.4) is 0 Å². The molecule has 0 fully saturated rings. The lowest BCUT2D eigenvalue weighted by molar-refractivity contribution is 0.173. The van der Waals surface area contributed by atoms with Crippen LogP contribution in [-0.2, 0) is 13.0 Å². The van der Waals surface area contributed by atoms with Crippen molar-refractivity contribution in [2.45, 2.75) is 19.0 Å². The van der Waals surface area contributed by atoms with Crippen molar-refractivity contribution < 1.29 is 14.6 Å². The Hall–Kier alpha value is -2.04. The first-order chi connectivity index (χ1) is 10.4. The van der Waals surface area contributed by atoms with Crippen LogP contribution >= 0.6 is 0 Å². The number of para-hydroxylation sites is 1. The molecule has 0 radical (unpaired) electrons. The number of aliphatic hydroxyl groups is 1. The number of ether oxygens (including phenoxy) is 2. The maximum Gasteiger partial charge on any atom is 0.231 e. The Bertz CT molecular complexity index is 586. The zero-order valence-electron chi connectivity index (χ0n) is 11.8. The highest BCUT2D eigenvalue weighted by atomic mass is 16.7. The molecule has 2 N–H and O–H groups in total. The smallest absolute Gasteiger partial charge is 0.231 e. The molecule has 0 saturated heterocycles. The summed E-state index contributed by atoms with van der Waals surface area (Å²) in [6.45, 7) is 1.02. The molecule has 21 heavy (non-hydrogen) atoms. The van der Waals surface area contributed by atoms with Crippen LogP contribution in [0.1, 0.15) is 11.1 Å². The van der Waals surface area contributed by atoms with Gasteiger partial charge in [-0.05, 0) is 18.1 Å². The molecule has 4 heteroatoms. The van der Waals surface area contributed by atoms with Crippen LogP contribution in [0.4, 0.5) is 0 Å². The van der Waals surface area contributed by atoms with Gasteiger partial charge in [-0.1, -0.05) is 42.5 Å². The van der Waals surface area contributed by atoms with Crippen molar-refractivity contribution in [1.82, 2.24) is 5.32 Å². The number of nitrogens with one attached hydrogen (secondary N) is 1. The minimum atomic E-state index is 0.0191. The summed E-state index contributed by atoms with van der Waals surface area (Å²) in [4.78, 5) is 0. The molecule has 0 aromatic heterocycles. The van der Waals surface area contributed by atoms with E-state index in [0.29, 0.717) is 6.54 Å². The van der Waals surface area contributed by atoms with Crippen LogP contribution in [0, 0.1) is 0 Å². The fraction of sp³-hybridized carbons (Fsp3) is 0.294. The van der Waals surface area contributed by atoms with Gasteiger partial charge in [0.2, 0.25) is 6.79 Å². The quantitative estimate of drug-likeness (QED) is 0.853. The average molecular weight is 285 g/mol. The number of fused-ring (bicyclic) bond motifs is 1. The first-order valence-corrected chi connectivity index (χ1v) is 7.12. The van der Waals surface area contributed by atoms with E-state index in [1.54, 1.807) is 0 Å². The van der Waals surface area contributed by atoms with Gasteiger partial charge in [-0.3, -0.25) is 0 Å². The van der Waals surface area contributed by atoms with Crippen molar-refractivity contribution in [2.75, 3.05) is 13.4 Å². The lowest BCUT2D eigenvalue weighted by atomic mass is 10.1. The third-order valence-corrected chi connectivity index (χ3v) is 3.60. The summed E-state index contributed by atoms with van der Waals surface area (Å²) in [6.07, 6.45) is 0.795. The van der Waals surface area contributed by atoms with Crippen LogP contribution in [0.2, 0.25) is 0 Å². The van der Waals surface area contributed by atoms with E-state index in [1.165, 1.54) is 5.56 Å². The zero-order chi connectivity index (χ0) is 14.5. The van der Waals surface area contributed by atoms with E-state index in [0.717, 1.165) is 23.5 Å². The van der Waals surface area contributed by atoms with Gasteiger partial charge in [-0.2, -0.15) is 0 Å². The highest BCUT2D eigenvalue weighted by molar-refractivity contribution is 5.48. The van der Waals surface area contributed by atoms with E-state index < -0.39 is 0 Å². The second-order valence-electron chi connectivity index (χ2n) is 5.10. The first-order valence-electron chi connectivity index (χ1n) is 7.12. The molecule has 0 spiro atoms. The van der Waals surface area contributed by atoms with Gasteiger partial charge in [0.05, 0.1) is 6.61 Å². The second-order valence-corrected chi connectivity index (χ2v) is 5.10. The molecule has 0 bridgehead atoms. The van der Waals surface area contributed by atoms with E-state index in [-0.39, 0.29) is 19.4 Å². The molecule has 1 aliphatic heterocycles. The van der Waals surface area contributed by atoms with Crippen LogP contribution < -0.4 is 14.8 Å². The molecule has 0 amide bonds. The van der Waals surface area contributed by atoms with Crippen LogP contribution in [0.25, 0.3) is 0 Å². The van der Waals surface area contributed by atoms with Crippen LogP contribution in [0.5, 0.6) is 11.5 Å². The molecule has 2 aromatic carbocycles. The monoisotopic (exact) mass is 285 g/mol. The summed E-state index contributed by atoms with van der Waals surface area (Å²) >= 11 is 0. The molecule has 0 aliphatic carbocycles. The number of hydrogen-bond acceptors (Lipinski definition) is 4. The molecular formula is C17H19NO3. The van der Waals surface area contributed by atoms with E-state index in [9.17, 15) is 5.11 Å². The second kappa shape index (κ2) is 6.61. The summed E-state index contributed by atoms with van der Waals surface area (Å²) < 4.78 is 10.9. The van der Waals surface area contributed by atoms with Gasteiger partial charge in [0.15, 0.2) is 11.5 Å². The van der Waals surface area contributed by atoms with Gasteiger partial charge < -0.3 is 19.9 Å². The van der Waals surface area contributed by atoms with Crippen LogP contribution in [-0.4, -0.2) is 24.5 Å². The predicted molar refractivity (Wildman–Crippen MR) is 80.4 cm³/mol. The minimum absolute atomic E-state index is 0.0191. The molecule has 110 valence electrons. The van der Waals surface area contributed by atoms with Crippen LogP contribution in [0.15, 0.2) is 48.5 Å². The van der Waals surface area contributed by atoms with E-state index in [4.69, 9.17) is 9.47 Å². The molecule has 3 rings (SSSR count). The van der Waals surface area contributed by atoms with Gasteiger partial charge in [-0.25, -0.2) is 0 Å². The van der Waals surface area contributed by atoms with E-state index >= 15 is 0 Å². The van der Waals surface area contributed by atoms with Gasteiger partial charge in [-0.15, -0.1) is 0 Å². The topological polar surface area (TPSA) is 50.7 Å². The molecule has 0 unspecified atom stereocenters. The first kappa shape index (κ1) is 13.9. The normalized spacial score (nSPS) is 14.1. The lowest BCUT2D eigenvalue weighted by Gasteiger charge is -2.17. The molecule has 1 atom stereocenters. The van der Waals surface area contributed by atoms with Gasteiger partial charge >= 0.3 is 0 Å². The number of rotatable bonds is 6. The van der Waals surface area contributed by atoms with Crippen molar-refractivity contribution in [3.63, 3.8) is 0 Å². The van der Waals surface area contributed by atoms with Gasteiger partial charge in [0.25, 0.3) is 0 Å². The Morgan fingerprint density at radius 1 is 1.05 bits per heavy atom. The third kappa shape index (κ3) is 3.35. The maximum atomic E-state index is 9.54. The molecular weight excluding hydrogens is 266 g/mol. The number of hydrogen-bond donors (Lipinski definition) is 2. The molecule has 1 heterocycles. The lowest BCUT2D eigenvalue weighted by Crippen LogP contribution is -2.34. The third-order valence-electron chi connectivity index (χ3n) is 3.60. The van der Waals surface area contributed by atoms with Crippen molar-refractivity contribution in [1.29, 1.82) is 0 Å². The predicted octanol–water partition coefficient (Wildman–Crippen LogP) is 2.11. The van der Waals surface area contributed by atoms with Gasteiger partial charge in [0.1, 0.15) is 0 Å². The van der Waals surface area contributed by atoms with Crippen molar-refractivity contribution in [3.05, 3.63) is 59.7 Å². The van der Waals surface area contributed by atoms with E-state index in [2.05, 4.69) is 17.4 Å². The van der Waals surface area contributed by atoms with Crippen molar-refractivity contribution in [2.24, 2.45) is 0 Å². The standard InChI is InChI=1S/C17H19NO3/c19-11-15(9-13-5-2-1-3-6-13)18-10-14-7-4-8-16-17(14)21-12-20-16/h1-8,15,18-19H,9-12H2/t15-/m0/s1. The highest BCUT2D eigenvalue weighted by Gasteiger charge is 2.17. The molecule has 0 saturated carbocycles. The summed E-state index contributed by atoms with van der Waals surface area (Å²) in [7, 11) is 0. The number of benzene rings is 2. The van der Waals surface area contributed by atoms with Crippen molar-refractivity contribution >= 4 is 0 Å². The zero-order valence-corrected chi connectivity index (χ0v) is 11.8. The van der Waals surface area contributed by atoms with Crippen molar-refractivity contribution in [3.8, 4) is 11.5 Å². The largest absolute Gasteiger partial charge is 0.454 e. The fourth-order valence-electron chi connectivity index (χ4n) is 2.48. The Kier molecular flexibility index (Phi) is 4.38. The summed E-state index contributed by atoms with van der Waals surface area (Å²) in [5.41, 5.74) is 2.26. The Morgan fingerprint density at radius 3 is 2.71 bits per heavy atom. The summed E-state index contributed by atoms with van der Waals surface area (Å²) in [6, 6.07) is 16.0. The molecule has 1 aliphatic rings. The fourth-order valence-corrected chi connectivity index (χ4v) is 2.48. The Labute approximate surface area is 124 Å². The SMILES string of the molecule is OC[C@H](Cc1ccccc1)NCc1cccc2c1OCO2. The summed E-state index contributed by atoms with van der Waals surface area (Å²) in [5, 5.41) is 12.9. The summed E-state index contributed by atoms with van der Waals surface area (Å²) in [5.74, 6) is 1.60. The van der Waals surface area contributed by atoms with E-state index in [1.807, 2.05) is 36.4 Å². The number of aliphatic hydroxyl groups excluding tert-OH is 1. The van der Waals surface area contributed by atoms with Gasteiger partial charge in [0, 0.05) is 18.2 Å². The average Bonchev–Trinajstić information content (AvgIpc) is 3.01. The Morgan fingerprint density at radius 2 is 1.90 bits per heavy atom. The maximum absolute atomic E-state index is 9.54. The Balaban J connectivity index is 1.62.